The van der Waals surface area contributed by atoms with Crippen molar-refractivity contribution in [2.45, 2.75) is 32.3 Å². The minimum atomic E-state index is 0. The number of rotatable bonds is 3. The summed E-state index contributed by atoms with van der Waals surface area (Å²) in [6.45, 7) is 6.01. The first kappa shape index (κ1) is 16.4. The normalized spacial score (nSPS) is 20.7. The molecule has 5 heteroatoms. The lowest BCUT2D eigenvalue weighted by Crippen LogP contribution is -2.40. The molecule has 0 saturated carbocycles. The average molecular weight is 401 g/mol. The third kappa shape index (κ3) is 4.02. The monoisotopic (exact) mass is 401 g/mol. The van der Waals surface area contributed by atoms with Crippen LogP contribution in [-0.4, -0.2) is 43.1 Å². The van der Waals surface area contributed by atoms with Crippen LogP contribution in [0, 0.1) is 0 Å². The Morgan fingerprint density at radius 2 is 2.10 bits per heavy atom. The summed E-state index contributed by atoms with van der Waals surface area (Å²) in [5.41, 5.74) is 1.30. The van der Waals surface area contributed by atoms with Gasteiger partial charge in [-0.2, -0.15) is 0 Å². The maximum absolute atomic E-state index is 5.94. The first-order chi connectivity index (χ1) is 9.86. The highest BCUT2D eigenvalue weighted by Gasteiger charge is 2.23. The van der Waals surface area contributed by atoms with E-state index < -0.39 is 0 Å². The molecular weight excluding hydrogens is 377 g/mol. The molecule has 0 radical (unpaired) electrons. The van der Waals surface area contributed by atoms with E-state index >= 15 is 0 Å². The highest BCUT2D eigenvalue weighted by Crippen LogP contribution is 2.28. The van der Waals surface area contributed by atoms with Gasteiger partial charge in [0.1, 0.15) is 11.9 Å². The molecule has 0 bridgehead atoms. The van der Waals surface area contributed by atoms with Gasteiger partial charge in [0.25, 0.3) is 0 Å². The van der Waals surface area contributed by atoms with Gasteiger partial charge in [0.2, 0.25) is 0 Å². The van der Waals surface area contributed by atoms with Gasteiger partial charge in [0.05, 0.1) is 6.54 Å². The molecule has 1 aromatic rings. The predicted molar refractivity (Wildman–Crippen MR) is 96.8 cm³/mol. The van der Waals surface area contributed by atoms with E-state index in [2.05, 4.69) is 29.3 Å². The standard InChI is InChI=1S/C16H23N3O.HI/c1-2-17-16(19-9-5-6-10-19)18-12-14-11-13-7-3-4-8-15(13)20-14;/h3-4,7-8,14H,2,5-6,9-12H2,1H3,(H,17,18);1H. The van der Waals surface area contributed by atoms with Crippen molar-refractivity contribution in [3.8, 4) is 5.75 Å². The summed E-state index contributed by atoms with van der Waals surface area (Å²) in [4.78, 5) is 7.12. The summed E-state index contributed by atoms with van der Waals surface area (Å²) in [5.74, 6) is 2.07. The van der Waals surface area contributed by atoms with Gasteiger partial charge in [-0.3, -0.25) is 0 Å². The van der Waals surface area contributed by atoms with E-state index in [9.17, 15) is 0 Å². The van der Waals surface area contributed by atoms with Crippen LogP contribution in [0.1, 0.15) is 25.3 Å². The Kier molecular flexibility index (Phi) is 6.14. The molecule has 21 heavy (non-hydrogen) atoms. The summed E-state index contributed by atoms with van der Waals surface area (Å²) in [6, 6.07) is 8.29. The number of para-hydroxylation sites is 1. The van der Waals surface area contributed by atoms with Crippen molar-refractivity contribution in [3.63, 3.8) is 0 Å². The lowest BCUT2D eigenvalue weighted by atomic mass is 10.1. The Labute approximate surface area is 144 Å². The topological polar surface area (TPSA) is 36.9 Å². The Morgan fingerprint density at radius 3 is 2.81 bits per heavy atom. The van der Waals surface area contributed by atoms with Crippen LogP contribution < -0.4 is 10.1 Å². The molecule has 1 N–H and O–H groups in total. The second kappa shape index (κ2) is 7.87. The number of fused-ring (bicyclic) bond motifs is 1. The predicted octanol–water partition coefficient (Wildman–Crippen LogP) is 2.67. The molecule has 1 fully saturated rings. The second-order valence-electron chi connectivity index (χ2n) is 5.44. The first-order valence-corrected chi connectivity index (χ1v) is 7.64. The Morgan fingerprint density at radius 1 is 1.33 bits per heavy atom. The molecule has 2 aliphatic rings. The quantitative estimate of drug-likeness (QED) is 0.481. The fraction of sp³-hybridized carbons (Fsp3) is 0.562. The van der Waals surface area contributed by atoms with E-state index in [0.717, 1.165) is 44.3 Å². The fourth-order valence-corrected chi connectivity index (χ4v) is 2.90. The van der Waals surface area contributed by atoms with Crippen molar-refractivity contribution in [1.29, 1.82) is 0 Å². The number of guanidine groups is 1. The smallest absolute Gasteiger partial charge is 0.194 e. The summed E-state index contributed by atoms with van der Waals surface area (Å²) in [7, 11) is 0. The van der Waals surface area contributed by atoms with E-state index in [1.54, 1.807) is 0 Å². The number of benzene rings is 1. The maximum Gasteiger partial charge on any atom is 0.194 e. The van der Waals surface area contributed by atoms with Crippen LogP contribution in [0.2, 0.25) is 0 Å². The summed E-state index contributed by atoms with van der Waals surface area (Å²) in [5, 5.41) is 3.39. The average Bonchev–Trinajstić information content (AvgIpc) is 3.12. The van der Waals surface area contributed by atoms with Gasteiger partial charge in [0.15, 0.2) is 5.96 Å². The van der Waals surface area contributed by atoms with E-state index in [1.807, 2.05) is 12.1 Å². The van der Waals surface area contributed by atoms with Gasteiger partial charge in [-0.05, 0) is 31.4 Å². The highest BCUT2D eigenvalue weighted by atomic mass is 127. The highest BCUT2D eigenvalue weighted by molar-refractivity contribution is 14.0. The summed E-state index contributed by atoms with van der Waals surface area (Å²) >= 11 is 0. The number of hydrogen-bond acceptors (Lipinski definition) is 2. The number of likely N-dealkylation sites (tertiary alicyclic amines) is 1. The van der Waals surface area contributed by atoms with Crippen LogP contribution in [0.25, 0.3) is 0 Å². The van der Waals surface area contributed by atoms with Crippen molar-refractivity contribution >= 4 is 29.9 Å². The molecule has 4 nitrogen and oxygen atoms in total. The van der Waals surface area contributed by atoms with Crippen molar-refractivity contribution in [3.05, 3.63) is 29.8 Å². The van der Waals surface area contributed by atoms with E-state index in [-0.39, 0.29) is 30.1 Å². The first-order valence-electron chi connectivity index (χ1n) is 7.64. The van der Waals surface area contributed by atoms with E-state index in [4.69, 9.17) is 9.73 Å². The number of nitrogens with zero attached hydrogens (tertiary/aromatic N) is 2. The summed E-state index contributed by atoms with van der Waals surface area (Å²) < 4.78 is 5.94. The lowest BCUT2D eigenvalue weighted by molar-refractivity contribution is 0.241. The molecule has 1 saturated heterocycles. The van der Waals surface area contributed by atoms with Gasteiger partial charge in [-0.25, -0.2) is 4.99 Å². The fourth-order valence-electron chi connectivity index (χ4n) is 2.90. The third-order valence-electron chi connectivity index (χ3n) is 3.90. The van der Waals surface area contributed by atoms with Crippen LogP contribution in [0.5, 0.6) is 5.75 Å². The van der Waals surface area contributed by atoms with Crippen LogP contribution in [0.3, 0.4) is 0 Å². The molecule has 0 aromatic heterocycles. The molecule has 0 amide bonds. The van der Waals surface area contributed by atoms with Crippen LogP contribution in [-0.2, 0) is 6.42 Å². The number of aliphatic imine (C=N–C) groups is 1. The van der Waals surface area contributed by atoms with Gasteiger partial charge < -0.3 is 15.0 Å². The largest absolute Gasteiger partial charge is 0.488 e. The van der Waals surface area contributed by atoms with E-state index in [1.165, 1.54) is 18.4 Å². The number of ether oxygens (including phenoxy) is 1. The van der Waals surface area contributed by atoms with Crippen LogP contribution in [0.15, 0.2) is 29.3 Å². The summed E-state index contributed by atoms with van der Waals surface area (Å²) in [6.07, 6.45) is 3.70. The van der Waals surface area contributed by atoms with Crippen molar-refractivity contribution in [2.24, 2.45) is 4.99 Å². The molecule has 1 unspecified atom stereocenters. The third-order valence-corrected chi connectivity index (χ3v) is 3.90. The molecule has 2 aliphatic heterocycles. The molecule has 2 heterocycles. The molecule has 1 aromatic carbocycles. The van der Waals surface area contributed by atoms with Gasteiger partial charge in [-0.1, -0.05) is 18.2 Å². The molecule has 1 atom stereocenters. The number of halogens is 1. The second-order valence-corrected chi connectivity index (χ2v) is 5.44. The Hall–Kier alpha value is -0.980. The SMILES string of the molecule is CCNC(=NCC1Cc2ccccc2O1)N1CCCC1.I. The van der Waals surface area contributed by atoms with Crippen molar-refractivity contribution < 1.29 is 4.74 Å². The zero-order chi connectivity index (χ0) is 13.8. The van der Waals surface area contributed by atoms with Gasteiger partial charge in [0, 0.05) is 26.1 Å². The van der Waals surface area contributed by atoms with Gasteiger partial charge in [-0.15, -0.1) is 24.0 Å². The Balaban J connectivity index is 0.00000161. The molecule has 3 rings (SSSR count). The zero-order valence-electron chi connectivity index (χ0n) is 12.5. The minimum absolute atomic E-state index is 0. The maximum atomic E-state index is 5.94. The van der Waals surface area contributed by atoms with Gasteiger partial charge >= 0.3 is 0 Å². The van der Waals surface area contributed by atoms with Crippen molar-refractivity contribution in [1.82, 2.24) is 10.2 Å². The number of hydrogen-bond donors (Lipinski definition) is 1. The van der Waals surface area contributed by atoms with E-state index in [0.29, 0.717) is 0 Å². The molecular formula is C16H24IN3O. The molecule has 116 valence electrons. The number of nitrogens with one attached hydrogen (secondary N) is 1. The minimum Gasteiger partial charge on any atom is -0.488 e. The van der Waals surface area contributed by atoms with Crippen LogP contribution in [0.4, 0.5) is 0 Å². The lowest BCUT2D eigenvalue weighted by Gasteiger charge is -2.21. The Bertz CT molecular complexity index is 461. The zero-order valence-corrected chi connectivity index (χ0v) is 14.9. The molecule has 0 spiro atoms. The van der Waals surface area contributed by atoms with Crippen molar-refractivity contribution in [2.75, 3.05) is 26.2 Å². The van der Waals surface area contributed by atoms with Crippen LogP contribution >= 0.6 is 24.0 Å². The molecule has 0 aliphatic carbocycles.